The van der Waals surface area contributed by atoms with Gasteiger partial charge in [0.1, 0.15) is 0 Å². The van der Waals surface area contributed by atoms with E-state index >= 15 is 0 Å². The average molecular weight is 293 g/mol. The lowest BCUT2D eigenvalue weighted by molar-refractivity contribution is -0.137. The molecule has 1 fully saturated rings. The lowest BCUT2D eigenvalue weighted by Crippen LogP contribution is -2.43. The van der Waals surface area contributed by atoms with Crippen LogP contribution in [0.2, 0.25) is 0 Å². The molecular formula is C16H23NO4. The molecule has 0 bridgehead atoms. The summed E-state index contributed by atoms with van der Waals surface area (Å²) in [6.45, 7) is 3.37. The van der Waals surface area contributed by atoms with Crippen LogP contribution in [-0.4, -0.2) is 45.8 Å². The highest BCUT2D eigenvalue weighted by atomic mass is 16.3. The van der Waals surface area contributed by atoms with Gasteiger partial charge in [0.25, 0.3) is 0 Å². The Hall–Kier alpha value is -1.75. The second-order valence-electron chi connectivity index (χ2n) is 5.90. The number of aliphatic hydroxyl groups is 1. The van der Waals surface area contributed by atoms with Crippen molar-refractivity contribution in [1.29, 1.82) is 0 Å². The highest BCUT2D eigenvalue weighted by Crippen LogP contribution is 2.26. The SMILES string of the molecule is CC(Cc1ccc(O)c(O)c1)C(=O)N1CCCC(CO)C1. The Bertz CT molecular complexity index is 503. The number of phenolic OH excluding ortho intramolecular Hbond substituents is 2. The molecule has 1 aliphatic heterocycles. The monoisotopic (exact) mass is 293 g/mol. The van der Waals surface area contributed by atoms with Crippen molar-refractivity contribution in [2.45, 2.75) is 26.2 Å². The number of rotatable bonds is 4. The van der Waals surface area contributed by atoms with Gasteiger partial charge in [-0.25, -0.2) is 0 Å². The Morgan fingerprint density at radius 2 is 2.14 bits per heavy atom. The summed E-state index contributed by atoms with van der Waals surface area (Å²) >= 11 is 0. The Labute approximate surface area is 124 Å². The summed E-state index contributed by atoms with van der Waals surface area (Å²) in [4.78, 5) is 14.3. The zero-order valence-electron chi connectivity index (χ0n) is 12.3. The van der Waals surface area contributed by atoms with Gasteiger partial charge in [0, 0.05) is 25.6 Å². The van der Waals surface area contributed by atoms with Gasteiger partial charge in [0.15, 0.2) is 11.5 Å². The average Bonchev–Trinajstić information content (AvgIpc) is 2.50. The second kappa shape index (κ2) is 6.80. The molecule has 0 radical (unpaired) electrons. The highest BCUT2D eigenvalue weighted by molar-refractivity contribution is 5.79. The number of aliphatic hydroxyl groups excluding tert-OH is 1. The van der Waals surface area contributed by atoms with E-state index in [1.807, 2.05) is 11.8 Å². The van der Waals surface area contributed by atoms with Crippen molar-refractivity contribution in [2.75, 3.05) is 19.7 Å². The van der Waals surface area contributed by atoms with Crippen LogP contribution in [0.1, 0.15) is 25.3 Å². The summed E-state index contributed by atoms with van der Waals surface area (Å²) in [5, 5.41) is 28.0. The van der Waals surface area contributed by atoms with E-state index in [9.17, 15) is 20.1 Å². The van der Waals surface area contributed by atoms with Crippen LogP contribution in [0.25, 0.3) is 0 Å². The number of nitrogens with zero attached hydrogens (tertiary/aromatic N) is 1. The molecule has 2 unspecified atom stereocenters. The van der Waals surface area contributed by atoms with Crippen molar-refractivity contribution in [1.82, 2.24) is 4.90 Å². The molecule has 1 aromatic carbocycles. The molecule has 0 spiro atoms. The number of amides is 1. The van der Waals surface area contributed by atoms with E-state index in [2.05, 4.69) is 0 Å². The number of piperidine rings is 1. The van der Waals surface area contributed by atoms with Crippen LogP contribution in [0.15, 0.2) is 18.2 Å². The lowest BCUT2D eigenvalue weighted by atomic mass is 9.95. The fourth-order valence-electron chi connectivity index (χ4n) is 2.86. The van der Waals surface area contributed by atoms with Gasteiger partial charge in [-0.3, -0.25) is 4.79 Å². The molecule has 1 aliphatic rings. The Balaban J connectivity index is 1.97. The standard InChI is InChI=1S/C16H23NO4/c1-11(7-12-4-5-14(19)15(20)8-12)16(21)17-6-2-3-13(9-17)10-18/h4-5,8,11,13,18-20H,2-3,6-7,9-10H2,1H3. The predicted molar refractivity (Wildman–Crippen MR) is 79.0 cm³/mol. The van der Waals surface area contributed by atoms with Gasteiger partial charge >= 0.3 is 0 Å². The molecule has 5 nitrogen and oxygen atoms in total. The quantitative estimate of drug-likeness (QED) is 0.735. The summed E-state index contributed by atoms with van der Waals surface area (Å²) in [7, 11) is 0. The summed E-state index contributed by atoms with van der Waals surface area (Å²) in [5.41, 5.74) is 0.821. The minimum atomic E-state index is -0.189. The number of hydrogen-bond acceptors (Lipinski definition) is 4. The van der Waals surface area contributed by atoms with Gasteiger partial charge in [-0.05, 0) is 42.9 Å². The molecule has 21 heavy (non-hydrogen) atoms. The number of likely N-dealkylation sites (tertiary alicyclic amines) is 1. The number of phenols is 2. The number of carbonyl (C=O) groups is 1. The normalized spacial score (nSPS) is 20.3. The first-order valence-corrected chi connectivity index (χ1v) is 7.41. The Kier molecular flexibility index (Phi) is 5.07. The molecule has 1 aromatic rings. The molecule has 3 N–H and O–H groups in total. The van der Waals surface area contributed by atoms with Crippen molar-refractivity contribution in [3.63, 3.8) is 0 Å². The van der Waals surface area contributed by atoms with E-state index in [-0.39, 0.29) is 35.8 Å². The molecule has 116 valence electrons. The minimum Gasteiger partial charge on any atom is -0.504 e. The number of hydrogen-bond donors (Lipinski definition) is 3. The van der Waals surface area contributed by atoms with Crippen molar-refractivity contribution >= 4 is 5.91 Å². The zero-order chi connectivity index (χ0) is 15.4. The predicted octanol–water partition coefficient (Wildman–Crippen LogP) is 1.51. The maximum absolute atomic E-state index is 12.4. The Morgan fingerprint density at radius 3 is 2.81 bits per heavy atom. The summed E-state index contributed by atoms with van der Waals surface area (Å²) in [6.07, 6.45) is 2.43. The molecule has 5 heteroatoms. The third kappa shape index (κ3) is 3.88. The van der Waals surface area contributed by atoms with E-state index in [0.717, 1.165) is 24.9 Å². The Morgan fingerprint density at radius 1 is 1.38 bits per heavy atom. The first-order valence-electron chi connectivity index (χ1n) is 7.41. The third-order valence-electron chi connectivity index (χ3n) is 4.09. The van der Waals surface area contributed by atoms with E-state index in [0.29, 0.717) is 13.0 Å². The topological polar surface area (TPSA) is 81.0 Å². The lowest BCUT2D eigenvalue weighted by Gasteiger charge is -2.33. The van der Waals surface area contributed by atoms with Crippen LogP contribution < -0.4 is 0 Å². The molecular weight excluding hydrogens is 270 g/mol. The van der Waals surface area contributed by atoms with Gasteiger partial charge < -0.3 is 20.2 Å². The fraction of sp³-hybridized carbons (Fsp3) is 0.562. The maximum atomic E-state index is 12.4. The van der Waals surface area contributed by atoms with Crippen molar-refractivity contribution in [2.24, 2.45) is 11.8 Å². The molecule has 0 aromatic heterocycles. The van der Waals surface area contributed by atoms with E-state index < -0.39 is 0 Å². The molecule has 0 saturated carbocycles. The van der Waals surface area contributed by atoms with E-state index in [1.165, 1.54) is 12.1 Å². The van der Waals surface area contributed by atoms with Gasteiger partial charge in [0.2, 0.25) is 5.91 Å². The number of carbonyl (C=O) groups excluding carboxylic acids is 1. The van der Waals surface area contributed by atoms with Crippen LogP contribution >= 0.6 is 0 Å². The molecule has 1 saturated heterocycles. The molecule has 2 rings (SSSR count). The first kappa shape index (κ1) is 15.6. The van der Waals surface area contributed by atoms with Gasteiger partial charge in [0.05, 0.1) is 0 Å². The molecule has 2 atom stereocenters. The first-order chi connectivity index (χ1) is 10.0. The second-order valence-corrected chi connectivity index (χ2v) is 5.90. The molecule has 1 amide bonds. The van der Waals surface area contributed by atoms with Gasteiger partial charge in [-0.15, -0.1) is 0 Å². The zero-order valence-corrected chi connectivity index (χ0v) is 12.3. The third-order valence-corrected chi connectivity index (χ3v) is 4.09. The largest absolute Gasteiger partial charge is 0.504 e. The van der Waals surface area contributed by atoms with Gasteiger partial charge in [-0.2, -0.15) is 0 Å². The summed E-state index contributed by atoms with van der Waals surface area (Å²) < 4.78 is 0. The van der Waals surface area contributed by atoms with Crippen molar-refractivity contribution in [3.05, 3.63) is 23.8 Å². The van der Waals surface area contributed by atoms with Crippen LogP contribution in [-0.2, 0) is 11.2 Å². The summed E-state index contributed by atoms with van der Waals surface area (Å²) in [5.74, 6) is -0.232. The van der Waals surface area contributed by atoms with Crippen LogP contribution in [0.4, 0.5) is 0 Å². The molecule has 1 heterocycles. The van der Waals surface area contributed by atoms with Crippen molar-refractivity contribution in [3.8, 4) is 11.5 Å². The van der Waals surface area contributed by atoms with Crippen LogP contribution in [0.5, 0.6) is 11.5 Å². The highest BCUT2D eigenvalue weighted by Gasteiger charge is 2.26. The summed E-state index contributed by atoms with van der Waals surface area (Å²) in [6, 6.07) is 4.64. The van der Waals surface area contributed by atoms with Crippen LogP contribution in [0, 0.1) is 11.8 Å². The van der Waals surface area contributed by atoms with Crippen LogP contribution in [0.3, 0.4) is 0 Å². The number of benzene rings is 1. The molecule has 0 aliphatic carbocycles. The van der Waals surface area contributed by atoms with E-state index in [1.54, 1.807) is 6.07 Å². The minimum absolute atomic E-state index is 0.0840. The fourth-order valence-corrected chi connectivity index (χ4v) is 2.86. The smallest absolute Gasteiger partial charge is 0.225 e. The van der Waals surface area contributed by atoms with E-state index in [4.69, 9.17) is 0 Å². The van der Waals surface area contributed by atoms with Gasteiger partial charge in [-0.1, -0.05) is 13.0 Å². The van der Waals surface area contributed by atoms with Crippen molar-refractivity contribution < 1.29 is 20.1 Å². The maximum Gasteiger partial charge on any atom is 0.225 e. The number of aromatic hydroxyl groups is 2.